The molecule has 0 amide bonds. The summed E-state index contributed by atoms with van der Waals surface area (Å²) >= 11 is 3.56. The van der Waals surface area contributed by atoms with E-state index in [-0.39, 0.29) is 36.6 Å². The van der Waals surface area contributed by atoms with Crippen molar-refractivity contribution in [2.75, 3.05) is 13.2 Å². The van der Waals surface area contributed by atoms with Crippen LogP contribution in [0.3, 0.4) is 0 Å². The molecule has 0 aromatic heterocycles. The van der Waals surface area contributed by atoms with E-state index in [0.29, 0.717) is 12.4 Å². The lowest BCUT2D eigenvalue weighted by molar-refractivity contribution is -0.145. The minimum Gasteiger partial charge on any atom is -0.482 e. The maximum Gasteiger partial charge on any atom is 0.344 e. The third-order valence-corrected chi connectivity index (χ3v) is 7.26. The highest BCUT2D eigenvalue weighted by Crippen LogP contribution is 2.48. The third-order valence-electron chi connectivity index (χ3n) is 6.73. The van der Waals surface area contributed by atoms with Crippen molar-refractivity contribution in [3.63, 3.8) is 0 Å². The number of hydrogen-bond donors (Lipinski definition) is 0. The van der Waals surface area contributed by atoms with Crippen LogP contribution in [0.1, 0.15) is 49.0 Å². The van der Waals surface area contributed by atoms with Crippen LogP contribution in [0.25, 0.3) is 0 Å². The average molecular weight is 550 g/mol. The largest absolute Gasteiger partial charge is 0.482 e. The first-order valence-corrected chi connectivity index (χ1v) is 13.2. The van der Waals surface area contributed by atoms with Crippen molar-refractivity contribution in [3.8, 4) is 5.75 Å². The molecule has 3 aromatic rings. The van der Waals surface area contributed by atoms with E-state index in [0.717, 1.165) is 28.5 Å². The summed E-state index contributed by atoms with van der Waals surface area (Å²) in [4.78, 5) is 12.0. The second-order valence-corrected chi connectivity index (χ2v) is 10.2. The van der Waals surface area contributed by atoms with Gasteiger partial charge in [0.1, 0.15) is 5.75 Å². The van der Waals surface area contributed by atoms with E-state index in [2.05, 4.69) is 78.0 Å². The van der Waals surface area contributed by atoms with Gasteiger partial charge in [-0.15, -0.1) is 0 Å². The Morgan fingerprint density at radius 2 is 1.72 bits per heavy atom. The van der Waals surface area contributed by atoms with Crippen LogP contribution in [0.15, 0.2) is 95.5 Å². The zero-order chi connectivity index (χ0) is 25.5. The minimum absolute atomic E-state index is 0.0349. The summed E-state index contributed by atoms with van der Waals surface area (Å²) in [5.74, 6) is 0.565. The molecule has 0 aliphatic carbocycles. The number of carbonyl (C=O) groups excluding carboxylic acids is 1. The number of hydrogen-bond acceptors (Lipinski definition) is 4. The maximum atomic E-state index is 12.0. The highest BCUT2D eigenvalue weighted by atomic mass is 79.9. The van der Waals surface area contributed by atoms with E-state index in [1.54, 1.807) is 6.92 Å². The molecule has 0 spiro atoms. The Morgan fingerprint density at radius 3 is 2.42 bits per heavy atom. The zero-order valence-corrected chi connectivity index (χ0v) is 22.4. The topological polar surface area (TPSA) is 44.8 Å². The lowest BCUT2D eigenvalue weighted by Crippen LogP contribution is -2.37. The molecule has 0 bridgehead atoms. The molecule has 0 N–H and O–H groups in total. The number of para-hydroxylation sites is 1. The van der Waals surface area contributed by atoms with Crippen LogP contribution in [-0.4, -0.2) is 25.3 Å². The van der Waals surface area contributed by atoms with Crippen LogP contribution >= 0.6 is 15.9 Å². The van der Waals surface area contributed by atoms with Crippen molar-refractivity contribution in [3.05, 3.63) is 112 Å². The van der Waals surface area contributed by atoms with Crippen LogP contribution in [-0.2, 0) is 20.7 Å². The molecule has 0 saturated carbocycles. The Hall–Kier alpha value is -2.89. The van der Waals surface area contributed by atoms with Gasteiger partial charge < -0.3 is 14.2 Å². The summed E-state index contributed by atoms with van der Waals surface area (Å²) in [6, 6.07) is 26.8. The van der Waals surface area contributed by atoms with E-state index < -0.39 is 0 Å². The summed E-state index contributed by atoms with van der Waals surface area (Å²) in [6.45, 7) is 8.38. The highest BCUT2D eigenvalue weighted by Gasteiger charge is 2.40. The van der Waals surface area contributed by atoms with Gasteiger partial charge in [-0.3, -0.25) is 0 Å². The molecule has 0 radical (unpaired) electrons. The first-order chi connectivity index (χ1) is 17.5. The fraction of sp³-hybridized carbons (Fsp3) is 0.323. The number of carbonyl (C=O) groups is 1. The summed E-state index contributed by atoms with van der Waals surface area (Å²) in [5.41, 5.74) is 4.50. The Balaban J connectivity index is 1.68. The van der Waals surface area contributed by atoms with Crippen molar-refractivity contribution in [2.24, 2.45) is 5.92 Å². The molecule has 1 fully saturated rings. The molecule has 36 heavy (non-hydrogen) atoms. The van der Waals surface area contributed by atoms with Gasteiger partial charge in [0, 0.05) is 21.9 Å². The van der Waals surface area contributed by atoms with E-state index in [4.69, 9.17) is 14.2 Å². The van der Waals surface area contributed by atoms with Gasteiger partial charge in [-0.25, -0.2) is 4.79 Å². The molecule has 1 aliphatic rings. The fourth-order valence-corrected chi connectivity index (χ4v) is 5.22. The van der Waals surface area contributed by atoms with Gasteiger partial charge in [0.2, 0.25) is 0 Å². The Labute approximate surface area is 222 Å². The predicted octanol–water partition coefficient (Wildman–Crippen LogP) is 7.44. The molecule has 4 nitrogen and oxygen atoms in total. The van der Waals surface area contributed by atoms with Crippen molar-refractivity contribution >= 4 is 21.9 Å². The van der Waals surface area contributed by atoms with E-state index in [1.807, 2.05) is 30.3 Å². The third kappa shape index (κ3) is 6.45. The van der Waals surface area contributed by atoms with Crippen LogP contribution in [0.2, 0.25) is 0 Å². The van der Waals surface area contributed by atoms with E-state index in [1.165, 1.54) is 11.1 Å². The Morgan fingerprint density at radius 1 is 1.03 bits per heavy atom. The second kappa shape index (κ2) is 12.4. The molecule has 5 heteroatoms. The second-order valence-electron chi connectivity index (χ2n) is 9.26. The Bertz CT molecular complexity index is 1160. The molecule has 1 heterocycles. The van der Waals surface area contributed by atoms with Gasteiger partial charge in [-0.1, -0.05) is 88.7 Å². The zero-order valence-electron chi connectivity index (χ0n) is 20.9. The molecule has 188 valence electrons. The molecule has 0 unspecified atom stereocenters. The van der Waals surface area contributed by atoms with Crippen molar-refractivity contribution in [1.82, 2.24) is 0 Å². The molecule has 1 saturated heterocycles. The van der Waals surface area contributed by atoms with Crippen LogP contribution < -0.4 is 4.74 Å². The number of halogens is 1. The van der Waals surface area contributed by atoms with Crippen LogP contribution in [0, 0.1) is 5.92 Å². The van der Waals surface area contributed by atoms with Gasteiger partial charge >= 0.3 is 5.97 Å². The van der Waals surface area contributed by atoms with Crippen LogP contribution in [0.4, 0.5) is 0 Å². The van der Waals surface area contributed by atoms with Gasteiger partial charge in [-0.05, 0) is 56.0 Å². The predicted molar refractivity (Wildman–Crippen MR) is 146 cm³/mol. The normalized spacial score (nSPS) is 21.5. The summed E-state index contributed by atoms with van der Waals surface area (Å²) < 4.78 is 19.0. The smallest absolute Gasteiger partial charge is 0.344 e. The number of rotatable bonds is 9. The molecular formula is C31H33BrO4. The molecular weight excluding hydrogens is 516 g/mol. The molecule has 4 rings (SSSR count). The minimum atomic E-state index is -0.384. The summed E-state index contributed by atoms with van der Waals surface area (Å²) in [5, 5.41) is 0. The number of esters is 1. The highest BCUT2D eigenvalue weighted by molar-refractivity contribution is 9.10. The van der Waals surface area contributed by atoms with E-state index >= 15 is 0 Å². The SMILES string of the molecule is C=C(C)[C@@H]1C[C@@H](c2ccc(Br)cc2)[C@@H](Cc2ccccc2)O[C@H]1c1ccccc1OCC(=O)OCC. The standard InChI is InChI=1S/C31H33BrO4/c1-4-34-30(33)20-35-28-13-9-8-12-25(28)31-26(21(2)3)19-27(23-14-16-24(32)17-15-23)29(36-31)18-22-10-6-5-7-11-22/h5-17,26-27,29,31H,2,4,18-20H2,1,3H3/t26-,27-,29+,31-/m0/s1. The first-order valence-electron chi connectivity index (χ1n) is 12.4. The number of ether oxygens (including phenoxy) is 3. The first kappa shape index (κ1) is 26.2. The van der Waals surface area contributed by atoms with E-state index in [9.17, 15) is 4.79 Å². The fourth-order valence-electron chi connectivity index (χ4n) is 4.96. The molecule has 3 aromatic carbocycles. The summed E-state index contributed by atoms with van der Waals surface area (Å²) in [6.07, 6.45) is 1.44. The molecule has 1 aliphatic heterocycles. The van der Waals surface area contributed by atoms with Crippen LogP contribution in [0.5, 0.6) is 5.75 Å². The van der Waals surface area contributed by atoms with Gasteiger partial charge in [0.15, 0.2) is 6.61 Å². The number of benzene rings is 3. The van der Waals surface area contributed by atoms with Crippen molar-refractivity contribution in [1.29, 1.82) is 0 Å². The lowest BCUT2D eigenvalue weighted by atomic mass is 9.74. The molecule has 4 atom stereocenters. The monoisotopic (exact) mass is 548 g/mol. The van der Waals surface area contributed by atoms with Crippen molar-refractivity contribution < 1.29 is 19.0 Å². The summed E-state index contributed by atoms with van der Waals surface area (Å²) in [7, 11) is 0. The maximum absolute atomic E-state index is 12.0. The lowest BCUT2D eigenvalue weighted by Gasteiger charge is -2.43. The van der Waals surface area contributed by atoms with Gasteiger partial charge in [-0.2, -0.15) is 0 Å². The van der Waals surface area contributed by atoms with Crippen molar-refractivity contribution in [2.45, 2.75) is 44.8 Å². The quantitative estimate of drug-likeness (QED) is 0.206. The Kier molecular flexibility index (Phi) is 9.00. The van der Waals surface area contributed by atoms with Gasteiger partial charge in [0.25, 0.3) is 0 Å². The van der Waals surface area contributed by atoms with Gasteiger partial charge in [0.05, 0.1) is 18.8 Å². The average Bonchev–Trinajstić information content (AvgIpc) is 2.89.